The van der Waals surface area contributed by atoms with Crippen LogP contribution in [0.2, 0.25) is 0 Å². The first-order chi connectivity index (χ1) is 9.31. The Labute approximate surface area is 112 Å². The van der Waals surface area contributed by atoms with Gasteiger partial charge in [0.25, 0.3) is 0 Å². The number of Topliss-reactive ketones (excluding diaryl/α,β-unsaturated/α-hetero) is 1. The molecule has 0 unspecified atom stereocenters. The van der Waals surface area contributed by atoms with E-state index in [0.29, 0.717) is 13.0 Å². The van der Waals surface area contributed by atoms with E-state index in [9.17, 15) is 4.79 Å². The summed E-state index contributed by atoms with van der Waals surface area (Å²) in [5.74, 6) is 0.174. The highest BCUT2D eigenvalue weighted by atomic mass is 16.5. The van der Waals surface area contributed by atoms with Crippen molar-refractivity contribution in [2.24, 2.45) is 0 Å². The molecule has 0 bridgehead atoms. The minimum Gasteiger partial charge on any atom is -0.479 e. The first kappa shape index (κ1) is 13.9. The molecule has 1 aliphatic rings. The normalized spacial score (nSPS) is 16.3. The highest BCUT2D eigenvalue weighted by Crippen LogP contribution is 2.14. The molecule has 0 atom stereocenters. The minimum absolute atomic E-state index is 0.0983. The Morgan fingerprint density at radius 2 is 2.11 bits per heavy atom. The van der Waals surface area contributed by atoms with E-state index in [2.05, 4.69) is 15.3 Å². The van der Waals surface area contributed by atoms with Crippen LogP contribution in [0.1, 0.15) is 29.8 Å². The molecule has 0 amide bonds. The predicted octanol–water partition coefficient (Wildman–Crippen LogP) is 0.827. The fourth-order valence-corrected chi connectivity index (χ4v) is 2.06. The molecule has 104 valence electrons. The van der Waals surface area contributed by atoms with E-state index in [-0.39, 0.29) is 23.5 Å². The Morgan fingerprint density at radius 3 is 2.84 bits per heavy atom. The molecule has 0 radical (unpaired) electrons. The van der Waals surface area contributed by atoms with Crippen molar-refractivity contribution in [3.8, 4) is 5.88 Å². The number of rotatable bonds is 6. The number of hydrogen-bond donors (Lipinski definition) is 1. The summed E-state index contributed by atoms with van der Waals surface area (Å²) >= 11 is 0. The third-order valence-corrected chi connectivity index (χ3v) is 3.09. The van der Waals surface area contributed by atoms with Gasteiger partial charge in [-0.1, -0.05) is 0 Å². The molecule has 19 heavy (non-hydrogen) atoms. The van der Waals surface area contributed by atoms with Gasteiger partial charge in [0, 0.05) is 18.8 Å². The zero-order valence-corrected chi connectivity index (χ0v) is 11.1. The SMILES string of the molecule is COc1nccnc1C(=O)CCOC1CCNCC1. The topological polar surface area (TPSA) is 73.3 Å². The molecule has 1 N–H and O–H groups in total. The molecule has 1 aliphatic heterocycles. The first-order valence-corrected chi connectivity index (χ1v) is 6.51. The Balaban J connectivity index is 1.80. The third kappa shape index (κ3) is 3.97. The van der Waals surface area contributed by atoms with Crippen LogP contribution in [0.25, 0.3) is 0 Å². The number of methoxy groups -OCH3 is 1. The van der Waals surface area contributed by atoms with Crippen LogP contribution < -0.4 is 10.1 Å². The second kappa shape index (κ2) is 7.16. The van der Waals surface area contributed by atoms with Gasteiger partial charge in [0.15, 0.2) is 11.5 Å². The lowest BCUT2D eigenvalue weighted by Gasteiger charge is -2.22. The van der Waals surface area contributed by atoms with Crippen LogP contribution in [0.5, 0.6) is 5.88 Å². The van der Waals surface area contributed by atoms with Gasteiger partial charge in [0.05, 0.1) is 19.8 Å². The van der Waals surface area contributed by atoms with Gasteiger partial charge in [-0.2, -0.15) is 0 Å². The molecule has 0 aliphatic carbocycles. The van der Waals surface area contributed by atoms with Crippen molar-refractivity contribution >= 4 is 5.78 Å². The molecule has 0 saturated carbocycles. The lowest BCUT2D eigenvalue weighted by atomic mass is 10.1. The molecule has 0 aromatic carbocycles. The van der Waals surface area contributed by atoms with Crippen molar-refractivity contribution in [3.63, 3.8) is 0 Å². The average Bonchev–Trinajstić information content (AvgIpc) is 2.48. The quantitative estimate of drug-likeness (QED) is 0.768. The number of hydrogen-bond acceptors (Lipinski definition) is 6. The summed E-state index contributed by atoms with van der Waals surface area (Å²) in [6, 6.07) is 0. The Bertz CT molecular complexity index is 419. The fraction of sp³-hybridized carbons (Fsp3) is 0.615. The lowest BCUT2D eigenvalue weighted by Crippen LogP contribution is -2.32. The van der Waals surface area contributed by atoms with E-state index in [0.717, 1.165) is 25.9 Å². The van der Waals surface area contributed by atoms with Gasteiger partial charge in [-0.05, 0) is 25.9 Å². The molecule has 1 aromatic rings. The highest BCUT2D eigenvalue weighted by Gasteiger charge is 2.17. The van der Waals surface area contributed by atoms with Crippen molar-refractivity contribution in [2.45, 2.75) is 25.4 Å². The minimum atomic E-state index is -0.0983. The number of carbonyl (C=O) groups excluding carboxylic acids is 1. The maximum Gasteiger partial charge on any atom is 0.243 e. The number of nitrogens with zero attached hydrogens (tertiary/aromatic N) is 2. The second-order valence-electron chi connectivity index (χ2n) is 4.41. The zero-order chi connectivity index (χ0) is 13.5. The van der Waals surface area contributed by atoms with Crippen LogP contribution in [0.15, 0.2) is 12.4 Å². The maximum atomic E-state index is 12.0. The largest absolute Gasteiger partial charge is 0.479 e. The summed E-state index contributed by atoms with van der Waals surface area (Å²) in [6.07, 6.45) is 5.56. The van der Waals surface area contributed by atoms with Crippen molar-refractivity contribution in [1.82, 2.24) is 15.3 Å². The standard InChI is InChI=1S/C13H19N3O3/c1-18-13-12(15-7-8-16-13)11(17)4-9-19-10-2-5-14-6-3-10/h7-8,10,14H,2-6,9H2,1H3. The van der Waals surface area contributed by atoms with Crippen molar-refractivity contribution in [1.29, 1.82) is 0 Å². The molecule has 0 spiro atoms. The predicted molar refractivity (Wildman–Crippen MR) is 69.4 cm³/mol. The van der Waals surface area contributed by atoms with E-state index in [4.69, 9.17) is 9.47 Å². The Morgan fingerprint density at radius 1 is 1.37 bits per heavy atom. The van der Waals surface area contributed by atoms with Crippen LogP contribution in [0, 0.1) is 0 Å². The molecule has 6 nitrogen and oxygen atoms in total. The molecule has 6 heteroatoms. The molecule has 1 saturated heterocycles. The fourth-order valence-electron chi connectivity index (χ4n) is 2.06. The van der Waals surface area contributed by atoms with Gasteiger partial charge in [-0.3, -0.25) is 4.79 Å². The number of carbonyl (C=O) groups is 1. The second-order valence-corrected chi connectivity index (χ2v) is 4.41. The number of aromatic nitrogens is 2. The van der Waals surface area contributed by atoms with Gasteiger partial charge in [-0.25, -0.2) is 9.97 Å². The van der Waals surface area contributed by atoms with Gasteiger partial charge >= 0.3 is 0 Å². The summed E-state index contributed by atoms with van der Waals surface area (Å²) in [4.78, 5) is 20.0. The lowest BCUT2D eigenvalue weighted by molar-refractivity contribution is 0.0312. The number of ketones is 1. The average molecular weight is 265 g/mol. The van der Waals surface area contributed by atoms with E-state index in [1.54, 1.807) is 0 Å². The van der Waals surface area contributed by atoms with E-state index < -0.39 is 0 Å². The van der Waals surface area contributed by atoms with Gasteiger partial charge in [0.2, 0.25) is 5.88 Å². The van der Waals surface area contributed by atoms with Crippen molar-refractivity contribution < 1.29 is 14.3 Å². The van der Waals surface area contributed by atoms with Crippen molar-refractivity contribution in [2.75, 3.05) is 26.8 Å². The van der Waals surface area contributed by atoms with Crippen LogP contribution in [0.4, 0.5) is 0 Å². The smallest absolute Gasteiger partial charge is 0.243 e. The van der Waals surface area contributed by atoms with Crippen LogP contribution >= 0.6 is 0 Å². The number of piperidine rings is 1. The van der Waals surface area contributed by atoms with Crippen LogP contribution in [-0.4, -0.2) is 48.7 Å². The molecular weight excluding hydrogens is 246 g/mol. The summed E-state index contributed by atoms with van der Waals surface area (Å²) in [5, 5.41) is 3.27. The molecule has 1 aromatic heterocycles. The van der Waals surface area contributed by atoms with Gasteiger partial charge in [-0.15, -0.1) is 0 Å². The first-order valence-electron chi connectivity index (χ1n) is 6.51. The van der Waals surface area contributed by atoms with E-state index >= 15 is 0 Å². The van der Waals surface area contributed by atoms with Crippen LogP contribution in [-0.2, 0) is 4.74 Å². The number of ether oxygens (including phenoxy) is 2. The molecule has 2 rings (SSSR count). The van der Waals surface area contributed by atoms with Gasteiger partial charge in [0.1, 0.15) is 0 Å². The highest BCUT2D eigenvalue weighted by molar-refractivity contribution is 5.96. The summed E-state index contributed by atoms with van der Waals surface area (Å²) in [7, 11) is 1.48. The third-order valence-electron chi connectivity index (χ3n) is 3.09. The monoisotopic (exact) mass is 265 g/mol. The summed E-state index contributed by atoms with van der Waals surface area (Å²) < 4.78 is 10.7. The van der Waals surface area contributed by atoms with Crippen molar-refractivity contribution in [3.05, 3.63) is 18.1 Å². The van der Waals surface area contributed by atoms with Gasteiger partial charge < -0.3 is 14.8 Å². The summed E-state index contributed by atoms with van der Waals surface area (Å²) in [6.45, 7) is 2.39. The maximum absolute atomic E-state index is 12.0. The molecule has 1 fully saturated rings. The Hall–Kier alpha value is -1.53. The summed E-state index contributed by atoms with van der Waals surface area (Å²) in [5.41, 5.74) is 0.277. The van der Waals surface area contributed by atoms with E-state index in [1.165, 1.54) is 19.5 Å². The molecule has 2 heterocycles. The van der Waals surface area contributed by atoms with Crippen LogP contribution in [0.3, 0.4) is 0 Å². The number of nitrogens with one attached hydrogen (secondary N) is 1. The zero-order valence-electron chi connectivity index (χ0n) is 11.1. The van der Waals surface area contributed by atoms with E-state index in [1.807, 2.05) is 0 Å². The molecular formula is C13H19N3O3. The Kier molecular flexibility index (Phi) is 5.23.